The third-order valence-electron chi connectivity index (χ3n) is 5.64. The summed E-state index contributed by atoms with van der Waals surface area (Å²) in [6, 6.07) is 16.8. The highest BCUT2D eigenvalue weighted by molar-refractivity contribution is 9.10. The van der Waals surface area contributed by atoms with Gasteiger partial charge in [0.05, 0.1) is 23.5 Å². The molecule has 0 unspecified atom stereocenters. The van der Waals surface area contributed by atoms with Gasteiger partial charge in [0, 0.05) is 28.6 Å². The fourth-order valence-electron chi connectivity index (χ4n) is 4.42. The van der Waals surface area contributed by atoms with Gasteiger partial charge in [-0.1, -0.05) is 32.0 Å². The Morgan fingerprint density at radius 1 is 1.13 bits per heavy atom. The number of hydrogen-bond donors (Lipinski definition) is 1. The van der Waals surface area contributed by atoms with E-state index < -0.39 is 0 Å². The van der Waals surface area contributed by atoms with E-state index >= 15 is 0 Å². The van der Waals surface area contributed by atoms with Crippen molar-refractivity contribution in [3.63, 3.8) is 0 Å². The molecule has 1 N–H and O–H groups in total. The molecule has 1 saturated heterocycles. The van der Waals surface area contributed by atoms with E-state index in [1.54, 1.807) is 0 Å². The molecule has 0 saturated carbocycles. The first-order valence-electron chi connectivity index (χ1n) is 10.3. The topological polar surface area (TPSA) is 33.1 Å². The maximum atomic E-state index is 5.78. The van der Waals surface area contributed by atoms with E-state index in [1.807, 2.05) is 24.4 Å². The highest BCUT2D eigenvalue weighted by Crippen LogP contribution is 2.42. The molecule has 4 rings (SSSR count). The second-order valence-electron chi connectivity index (χ2n) is 8.29. The zero-order valence-electron chi connectivity index (χ0n) is 17.8. The monoisotopic (exact) mass is 482 g/mol. The van der Waals surface area contributed by atoms with Gasteiger partial charge in [-0.15, -0.1) is 0 Å². The maximum Gasteiger partial charge on any atom is 0.170 e. The van der Waals surface area contributed by atoms with Gasteiger partial charge < -0.3 is 14.8 Å². The molecule has 0 spiro atoms. The number of aryl methyl sites for hydroxylation is 1. The Hall–Kier alpha value is -2.18. The lowest BCUT2D eigenvalue weighted by Crippen LogP contribution is -2.33. The minimum Gasteiger partial charge on any atom is -0.352 e. The van der Waals surface area contributed by atoms with Crippen LogP contribution in [-0.4, -0.2) is 26.1 Å². The van der Waals surface area contributed by atoms with Crippen LogP contribution in [0.15, 0.2) is 59.2 Å². The molecule has 1 aromatic carbocycles. The quantitative estimate of drug-likeness (QED) is 0.460. The van der Waals surface area contributed by atoms with Crippen molar-refractivity contribution in [3.8, 4) is 5.69 Å². The lowest BCUT2D eigenvalue weighted by molar-refractivity contribution is 0.287. The summed E-state index contributed by atoms with van der Waals surface area (Å²) < 4.78 is 3.41. The molecule has 6 heteroatoms. The molecule has 3 aromatic rings. The fraction of sp³-hybridized carbons (Fsp3) is 0.333. The van der Waals surface area contributed by atoms with Gasteiger partial charge in [-0.05, 0) is 83.8 Å². The van der Waals surface area contributed by atoms with E-state index in [2.05, 4.69) is 93.7 Å². The van der Waals surface area contributed by atoms with Crippen LogP contribution in [0.3, 0.4) is 0 Å². The number of para-hydroxylation sites is 1. The highest BCUT2D eigenvalue weighted by atomic mass is 79.9. The van der Waals surface area contributed by atoms with Gasteiger partial charge in [0.2, 0.25) is 0 Å². The summed E-state index contributed by atoms with van der Waals surface area (Å²) in [5.74, 6) is 0.501. The summed E-state index contributed by atoms with van der Waals surface area (Å²) >= 11 is 9.51. The van der Waals surface area contributed by atoms with Crippen LogP contribution in [0, 0.1) is 19.8 Å². The zero-order chi connectivity index (χ0) is 21.4. The minimum atomic E-state index is 0.0191. The van der Waals surface area contributed by atoms with Gasteiger partial charge in [0.1, 0.15) is 0 Å². The highest BCUT2D eigenvalue weighted by Gasteiger charge is 2.41. The largest absolute Gasteiger partial charge is 0.352 e. The van der Waals surface area contributed by atoms with Crippen molar-refractivity contribution in [1.29, 1.82) is 0 Å². The van der Waals surface area contributed by atoms with E-state index in [9.17, 15) is 0 Å². The van der Waals surface area contributed by atoms with Gasteiger partial charge in [-0.25, -0.2) is 0 Å². The first-order chi connectivity index (χ1) is 14.4. The molecule has 1 aliphatic rings. The Morgan fingerprint density at radius 3 is 2.53 bits per heavy atom. The second-order valence-corrected chi connectivity index (χ2v) is 9.53. The molecule has 1 fully saturated rings. The number of pyridine rings is 1. The van der Waals surface area contributed by atoms with Crippen LogP contribution >= 0.6 is 28.1 Å². The molecule has 0 radical (unpaired) electrons. The van der Waals surface area contributed by atoms with Gasteiger partial charge in [0.15, 0.2) is 5.11 Å². The summed E-state index contributed by atoms with van der Waals surface area (Å²) in [4.78, 5) is 6.99. The molecule has 2 atom stereocenters. The van der Waals surface area contributed by atoms with Gasteiger partial charge in [-0.2, -0.15) is 0 Å². The fourth-order valence-corrected chi connectivity index (χ4v) is 5.20. The number of rotatable bonds is 5. The van der Waals surface area contributed by atoms with Crippen LogP contribution < -0.4 is 5.32 Å². The Morgan fingerprint density at radius 2 is 1.87 bits per heavy atom. The summed E-state index contributed by atoms with van der Waals surface area (Å²) in [6.45, 7) is 9.74. The number of nitrogens with one attached hydrogen (secondary N) is 1. The van der Waals surface area contributed by atoms with Crippen LogP contribution in [0.4, 0.5) is 0 Å². The predicted molar refractivity (Wildman–Crippen MR) is 130 cm³/mol. The van der Waals surface area contributed by atoms with Crippen molar-refractivity contribution >= 4 is 33.3 Å². The Bertz CT molecular complexity index is 1060. The Balaban J connectivity index is 1.85. The van der Waals surface area contributed by atoms with E-state index in [-0.39, 0.29) is 12.1 Å². The Kier molecular flexibility index (Phi) is 5.98. The third-order valence-corrected chi connectivity index (χ3v) is 6.66. The van der Waals surface area contributed by atoms with Crippen molar-refractivity contribution in [3.05, 3.63) is 81.8 Å². The average Bonchev–Trinajstić information content (AvgIpc) is 3.18. The van der Waals surface area contributed by atoms with Crippen LogP contribution in [0.5, 0.6) is 0 Å². The number of halogens is 1. The number of benzene rings is 1. The van der Waals surface area contributed by atoms with Crippen molar-refractivity contribution in [2.75, 3.05) is 6.54 Å². The number of nitrogens with zero attached hydrogens (tertiary/aromatic N) is 3. The van der Waals surface area contributed by atoms with Gasteiger partial charge in [0.25, 0.3) is 0 Å². The molecule has 2 aromatic heterocycles. The summed E-state index contributed by atoms with van der Waals surface area (Å²) in [5, 5.41) is 4.36. The normalized spacial score (nSPS) is 18.9. The molecule has 1 aliphatic heterocycles. The summed E-state index contributed by atoms with van der Waals surface area (Å²) in [5.41, 5.74) is 5.88. The van der Waals surface area contributed by atoms with Crippen molar-refractivity contribution in [2.24, 2.45) is 5.92 Å². The second kappa shape index (κ2) is 8.52. The van der Waals surface area contributed by atoms with Crippen molar-refractivity contribution < 1.29 is 0 Å². The summed E-state index contributed by atoms with van der Waals surface area (Å²) in [6.07, 6.45) is 1.85. The molecule has 0 bridgehead atoms. The van der Waals surface area contributed by atoms with Crippen LogP contribution in [-0.2, 0) is 0 Å². The summed E-state index contributed by atoms with van der Waals surface area (Å²) in [7, 11) is 0. The van der Waals surface area contributed by atoms with E-state index in [1.165, 1.54) is 17.0 Å². The molecule has 3 heterocycles. The van der Waals surface area contributed by atoms with Crippen molar-refractivity contribution in [2.45, 2.75) is 39.8 Å². The Labute approximate surface area is 192 Å². The first-order valence-corrected chi connectivity index (χ1v) is 11.5. The smallest absolute Gasteiger partial charge is 0.170 e. The maximum absolute atomic E-state index is 5.78. The lowest BCUT2D eigenvalue weighted by Gasteiger charge is -2.29. The lowest BCUT2D eigenvalue weighted by atomic mass is 9.96. The van der Waals surface area contributed by atoms with Crippen LogP contribution in [0.2, 0.25) is 0 Å². The predicted octanol–water partition coefficient (Wildman–Crippen LogP) is 5.88. The third kappa shape index (κ3) is 3.79. The molecular weight excluding hydrogens is 456 g/mol. The molecule has 156 valence electrons. The molecule has 30 heavy (non-hydrogen) atoms. The number of aromatic nitrogens is 2. The molecular formula is C24H27BrN4S. The SMILES string of the molecule is Cc1cc([C@@H]2[C@@H](c3ccccn3)NC(=S)N2CC(C)C)c(C)n1-c1ccccc1Br. The van der Waals surface area contributed by atoms with Gasteiger partial charge >= 0.3 is 0 Å². The number of thiocarbonyl (C=S) groups is 1. The van der Waals surface area contributed by atoms with E-state index in [4.69, 9.17) is 12.2 Å². The molecule has 0 aliphatic carbocycles. The molecule has 0 amide bonds. The first kappa shape index (κ1) is 21.1. The van der Waals surface area contributed by atoms with Crippen LogP contribution in [0.1, 0.15) is 48.6 Å². The van der Waals surface area contributed by atoms with E-state index in [0.717, 1.165) is 27.5 Å². The number of hydrogen-bond acceptors (Lipinski definition) is 2. The molecule has 4 nitrogen and oxygen atoms in total. The van der Waals surface area contributed by atoms with Gasteiger partial charge in [-0.3, -0.25) is 4.98 Å². The zero-order valence-corrected chi connectivity index (χ0v) is 20.2. The van der Waals surface area contributed by atoms with Crippen molar-refractivity contribution in [1.82, 2.24) is 19.8 Å². The van der Waals surface area contributed by atoms with Crippen LogP contribution in [0.25, 0.3) is 5.69 Å². The average molecular weight is 483 g/mol. The standard InChI is InChI=1S/C24H27BrN4S/c1-15(2)14-28-23(22(27-24(28)30)20-10-7-8-12-26-20)18-13-16(3)29(17(18)4)21-11-6-5-9-19(21)25/h5-13,15,22-23H,14H2,1-4H3,(H,27,30)/t22-,23-/m1/s1. The minimum absolute atomic E-state index is 0.0191. The van der Waals surface area contributed by atoms with E-state index in [0.29, 0.717) is 5.92 Å².